The molecule has 0 unspecified atom stereocenters. The number of piperidine rings is 1. The molecule has 4 rings (SSSR count). The van der Waals surface area contributed by atoms with E-state index >= 15 is 0 Å². The summed E-state index contributed by atoms with van der Waals surface area (Å²) in [6.07, 6.45) is 1.52. The minimum absolute atomic E-state index is 0.0312. The topological polar surface area (TPSA) is 55.3 Å². The molecule has 0 atom stereocenters. The van der Waals surface area contributed by atoms with Gasteiger partial charge in [-0.05, 0) is 43.0 Å². The molecule has 1 saturated heterocycles. The molecule has 1 aliphatic rings. The van der Waals surface area contributed by atoms with E-state index in [-0.39, 0.29) is 17.2 Å². The van der Waals surface area contributed by atoms with E-state index in [2.05, 4.69) is 33.1 Å². The van der Waals surface area contributed by atoms with Crippen molar-refractivity contribution in [1.82, 2.24) is 9.97 Å². The van der Waals surface area contributed by atoms with Crippen molar-refractivity contribution in [2.75, 3.05) is 24.6 Å². The Morgan fingerprint density at radius 1 is 1.26 bits per heavy atom. The normalized spacial score (nSPS) is 15.3. The Kier molecular flexibility index (Phi) is 5.27. The minimum Gasteiger partial charge on any atom is -0.466 e. The number of ether oxygens (including phenoxy) is 1. The Labute approximate surface area is 167 Å². The lowest BCUT2D eigenvalue weighted by atomic mass is 9.97. The van der Waals surface area contributed by atoms with Gasteiger partial charge < -0.3 is 9.64 Å². The zero-order chi connectivity index (χ0) is 18.8. The zero-order valence-corrected chi connectivity index (χ0v) is 16.6. The van der Waals surface area contributed by atoms with Crippen LogP contribution in [0.1, 0.15) is 19.8 Å². The van der Waals surface area contributed by atoms with Crippen LogP contribution in [0.25, 0.3) is 20.7 Å². The molecule has 0 saturated carbocycles. The fraction of sp³-hybridized carbons (Fsp3) is 0.350. The Morgan fingerprint density at radius 2 is 2.00 bits per heavy atom. The Balaban J connectivity index is 1.62. The van der Waals surface area contributed by atoms with Crippen LogP contribution in [0.15, 0.2) is 36.4 Å². The van der Waals surface area contributed by atoms with Crippen molar-refractivity contribution in [1.29, 1.82) is 0 Å². The number of carbonyl (C=O) groups excluding carboxylic acids is 1. The molecule has 3 aromatic rings. The van der Waals surface area contributed by atoms with Crippen LogP contribution in [0.4, 0.5) is 5.82 Å². The van der Waals surface area contributed by atoms with E-state index in [4.69, 9.17) is 16.3 Å². The standard InChI is InChI=1S/C20H20ClN3O2S/c1-2-26-19(25)14-8-10-24(11-9-14)17-15-12-16(13-6-4-3-5-7-13)27-18(15)23-20(21)22-17/h3-7,12,14H,2,8-11H2,1H3. The summed E-state index contributed by atoms with van der Waals surface area (Å²) in [5.41, 5.74) is 1.16. The fourth-order valence-corrected chi connectivity index (χ4v) is 4.70. The first kappa shape index (κ1) is 18.2. The molecule has 0 spiro atoms. The predicted octanol–water partition coefficient (Wildman–Crippen LogP) is 4.79. The summed E-state index contributed by atoms with van der Waals surface area (Å²) in [4.78, 5) is 25.1. The zero-order valence-electron chi connectivity index (χ0n) is 15.0. The highest BCUT2D eigenvalue weighted by atomic mass is 35.5. The van der Waals surface area contributed by atoms with Crippen LogP contribution in [0.3, 0.4) is 0 Å². The number of rotatable bonds is 4. The number of nitrogens with zero attached hydrogens (tertiary/aromatic N) is 3. The maximum absolute atomic E-state index is 12.0. The number of aromatic nitrogens is 2. The molecule has 0 aliphatic carbocycles. The average molecular weight is 402 g/mol. The van der Waals surface area contributed by atoms with E-state index in [1.807, 2.05) is 25.1 Å². The summed E-state index contributed by atoms with van der Waals surface area (Å²) in [5.74, 6) is 0.729. The monoisotopic (exact) mass is 401 g/mol. The molecule has 1 aliphatic heterocycles. The van der Waals surface area contributed by atoms with Gasteiger partial charge in [-0.15, -0.1) is 11.3 Å². The van der Waals surface area contributed by atoms with Crippen molar-refractivity contribution < 1.29 is 9.53 Å². The first-order valence-corrected chi connectivity index (χ1v) is 10.3. The van der Waals surface area contributed by atoms with Gasteiger partial charge in [-0.25, -0.2) is 4.98 Å². The quantitative estimate of drug-likeness (QED) is 0.464. The van der Waals surface area contributed by atoms with Gasteiger partial charge in [0.25, 0.3) is 0 Å². The summed E-state index contributed by atoms with van der Waals surface area (Å²) >= 11 is 7.82. The summed E-state index contributed by atoms with van der Waals surface area (Å²) < 4.78 is 5.16. The van der Waals surface area contributed by atoms with E-state index in [1.165, 1.54) is 0 Å². The Morgan fingerprint density at radius 3 is 2.70 bits per heavy atom. The van der Waals surface area contributed by atoms with Crippen LogP contribution in [0.5, 0.6) is 0 Å². The highest BCUT2D eigenvalue weighted by molar-refractivity contribution is 7.22. The minimum atomic E-state index is -0.0927. The van der Waals surface area contributed by atoms with Crippen molar-refractivity contribution in [3.63, 3.8) is 0 Å². The molecule has 3 heterocycles. The van der Waals surface area contributed by atoms with Crippen LogP contribution in [-0.2, 0) is 9.53 Å². The SMILES string of the molecule is CCOC(=O)C1CCN(c2nc(Cl)nc3sc(-c4ccccc4)cc23)CC1. The second kappa shape index (κ2) is 7.82. The van der Waals surface area contributed by atoms with Crippen LogP contribution >= 0.6 is 22.9 Å². The largest absolute Gasteiger partial charge is 0.466 e. The first-order chi connectivity index (χ1) is 13.2. The molecule has 7 heteroatoms. The lowest BCUT2D eigenvalue weighted by molar-refractivity contribution is -0.148. The number of thiophene rings is 1. The van der Waals surface area contributed by atoms with Gasteiger partial charge in [0, 0.05) is 18.0 Å². The van der Waals surface area contributed by atoms with Crippen LogP contribution in [0.2, 0.25) is 5.28 Å². The summed E-state index contributed by atoms with van der Waals surface area (Å²) in [6, 6.07) is 12.4. The van der Waals surface area contributed by atoms with Gasteiger partial charge in [-0.3, -0.25) is 4.79 Å². The molecular weight excluding hydrogens is 382 g/mol. The van der Waals surface area contributed by atoms with Gasteiger partial charge in [0.05, 0.1) is 17.9 Å². The fourth-order valence-electron chi connectivity index (χ4n) is 3.45. The molecule has 2 aromatic heterocycles. The summed E-state index contributed by atoms with van der Waals surface area (Å²) in [5, 5.41) is 1.27. The molecule has 0 amide bonds. The third kappa shape index (κ3) is 3.77. The van der Waals surface area contributed by atoms with E-state index in [1.54, 1.807) is 11.3 Å². The second-order valence-electron chi connectivity index (χ2n) is 6.53. The van der Waals surface area contributed by atoms with Crippen LogP contribution in [0, 0.1) is 5.92 Å². The van der Waals surface area contributed by atoms with Crippen molar-refractivity contribution in [2.45, 2.75) is 19.8 Å². The van der Waals surface area contributed by atoms with Crippen molar-refractivity contribution >= 4 is 44.9 Å². The molecule has 0 radical (unpaired) electrons. The Hall–Kier alpha value is -2.18. The predicted molar refractivity (Wildman–Crippen MR) is 109 cm³/mol. The Bertz CT molecular complexity index is 953. The highest BCUT2D eigenvalue weighted by Gasteiger charge is 2.28. The third-order valence-corrected chi connectivity index (χ3v) is 6.07. The molecule has 27 heavy (non-hydrogen) atoms. The molecule has 1 aromatic carbocycles. The number of benzene rings is 1. The maximum atomic E-state index is 12.0. The molecule has 0 bridgehead atoms. The number of halogens is 1. The molecule has 140 valence electrons. The van der Waals surface area contributed by atoms with Crippen LogP contribution in [-0.4, -0.2) is 35.6 Å². The summed E-state index contributed by atoms with van der Waals surface area (Å²) in [7, 11) is 0. The van der Waals surface area contributed by atoms with E-state index < -0.39 is 0 Å². The third-order valence-electron chi connectivity index (χ3n) is 4.82. The van der Waals surface area contributed by atoms with Gasteiger partial charge >= 0.3 is 5.97 Å². The number of fused-ring (bicyclic) bond motifs is 1. The van der Waals surface area contributed by atoms with Gasteiger partial charge in [0.1, 0.15) is 10.6 Å². The smallest absolute Gasteiger partial charge is 0.309 e. The molecular formula is C20H20ClN3O2S. The lowest BCUT2D eigenvalue weighted by Crippen LogP contribution is -2.37. The lowest BCUT2D eigenvalue weighted by Gasteiger charge is -2.32. The van der Waals surface area contributed by atoms with E-state index in [9.17, 15) is 4.79 Å². The number of esters is 1. The maximum Gasteiger partial charge on any atom is 0.309 e. The molecule has 0 N–H and O–H groups in total. The second-order valence-corrected chi connectivity index (χ2v) is 7.89. The van der Waals surface area contributed by atoms with Gasteiger partial charge in [0.2, 0.25) is 5.28 Å². The molecule has 1 fully saturated rings. The summed E-state index contributed by atoms with van der Waals surface area (Å²) in [6.45, 7) is 3.77. The highest BCUT2D eigenvalue weighted by Crippen LogP contribution is 2.38. The van der Waals surface area contributed by atoms with Crippen LogP contribution < -0.4 is 4.90 Å². The van der Waals surface area contributed by atoms with Crippen molar-refractivity contribution in [3.8, 4) is 10.4 Å². The first-order valence-electron chi connectivity index (χ1n) is 9.09. The van der Waals surface area contributed by atoms with Crippen molar-refractivity contribution in [2.24, 2.45) is 5.92 Å². The van der Waals surface area contributed by atoms with Gasteiger partial charge in [-0.2, -0.15) is 4.98 Å². The van der Waals surface area contributed by atoms with Gasteiger partial charge in [0.15, 0.2) is 0 Å². The van der Waals surface area contributed by atoms with Gasteiger partial charge in [-0.1, -0.05) is 30.3 Å². The number of hydrogen-bond acceptors (Lipinski definition) is 6. The number of hydrogen-bond donors (Lipinski definition) is 0. The van der Waals surface area contributed by atoms with E-state index in [0.29, 0.717) is 6.61 Å². The van der Waals surface area contributed by atoms with Crippen molar-refractivity contribution in [3.05, 3.63) is 41.7 Å². The average Bonchev–Trinajstić information content (AvgIpc) is 3.12. The molecule has 5 nitrogen and oxygen atoms in total. The van der Waals surface area contributed by atoms with E-state index in [0.717, 1.165) is 52.4 Å². The number of carbonyl (C=O) groups is 1. The number of anilines is 1.